The number of carbonyl (C=O) groups is 1. The van der Waals surface area contributed by atoms with Crippen molar-refractivity contribution < 1.29 is 14.8 Å². The van der Waals surface area contributed by atoms with E-state index in [2.05, 4.69) is 5.32 Å². The van der Waals surface area contributed by atoms with Crippen LogP contribution in [-0.4, -0.2) is 28.6 Å². The predicted octanol–water partition coefficient (Wildman–Crippen LogP) is 1.66. The zero-order valence-corrected chi connectivity index (χ0v) is 11.3. The van der Waals surface area contributed by atoms with Gasteiger partial charge in [0.1, 0.15) is 0 Å². The normalized spacial score (nSPS) is 20.8. The average molecular weight is 288 g/mol. The summed E-state index contributed by atoms with van der Waals surface area (Å²) in [4.78, 5) is 21.9. The summed E-state index contributed by atoms with van der Waals surface area (Å²) in [6.07, 6.45) is 7.31. The number of hydrogen-bond donors (Lipinski definition) is 2. The molecule has 0 aliphatic heterocycles. The molecular formula is C15H16N2O4. The minimum absolute atomic E-state index is 0.0120. The molecule has 0 spiro atoms. The van der Waals surface area contributed by atoms with Crippen LogP contribution >= 0.6 is 0 Å². The Bertz CT molecular complexity index is 595. The van der Waals surface area contributed by atoms with Crippen molar-refractivity contribution in [2.75, 3.05) is 6.61 Å². The SMILES string of the molecule is O=C(/C=C/c1cccc([N+](=O)[O-])c1)N[C@@H]1C=C[C@H](CO)C1. The molecule has 1 aromatic carbocycles. The van der Waals surface area contributed by atoms with E-state index >= 15 is 0 Å². The molecule has 0 heterocycles. The highest BCUT2D eigenvalue weighted by atomic mass is 16.6. The lowest BCUT2D eigenvalue weighted by Crippen LogP contribution is -2.31. The monoisotopic (exact) mass is 288 g/mol. The number of benzene rings is 1. The maximum Gasteiger partial charge on any atom is 0.270 e. The van der Waals surface area contributed by atoms with E-state index in [0.29, 0.717) is 12.0 Å². The van der Waals surface area contributed by atoms with Crippen molar-refractivity contribution in [1.29, 1.82) is 0 Å². The Kier molecular flexibility index (Phi) is 4.84. The van der Waals surface area contributed by atoms with Gasteiger partial charge in [0, 0.05) is 36.8 Å². The number of aliphatic hydroxyl groups excluding tert-OH is 1. The van der Waals surface area contributed by atoms with Gasteiger partial charge in [-0.3, -0.25) is 14.9 Å². The molecule has 0 bridgehead atoms. The number of amides is 1. The van der Waals surface area contributed by atoms with Crippen LogP contribution in [0.5, 0.6) is 0 Å². The third-order valence-corrected chi connectivity index (χ3v) is 3.24. The second-order valence-corrected chi connectivity index (χ2v) is 4.86. The lowest BCUT2D eigenvalue weighted by Gasteiger charge is -2.10. The van der Waals surface area contributed by atoms with Crippen LogP contribution in [0.3, 0.4) is 0 Å². The van der Waals surface area contributed by atoms with Gasteiger partial charge in [0.25, 0.3) is 5.69 Å². The van der Waals surface area contributed by atoms with Crippen LogP contribution in [0.4, 0.5) is 5.69 Å². The molecule has 1 aromatic rings. The fraction of sp³-hybridized carbons (Fsp3) is 0.267. The van der Waals surface area contributed by atoms with Gasteiger partial charge in [0.2, 0.25) is 5.91 Å². The predicted molar refractivity (Wildman–Crippen MR) is 78.4 cm³/mol. The van der Waals surface area contributed by atoms with Crippen molar-refractivity contribution in [2.45, 2.75) is 12.5 Å². The van der Waals surface area contributed by atoms with Crippen molar-refractivity contribution in [3.05, 3.63) is 58.2 Å². The van der Waals surface area contributed by atoms with Crippen LogP contribution in [-0.2, 0) is 4.79 Å². The van der Waals surface area contributed by atoms with Gasteiger partial charge in [-0.15, -0.1) is 0 Å². The number of hydrogen-bond acceptors (Lipinski definition) is 4. The highest BCUT2D eigenvalue weighted by Gasteiger charge is 2.18. The van der Waals surface area contributed by atoms with Crippen LogP contribution in [0.2, 0.25) is 0 Å². The summed E-state index contributed by atoms with van der Waals surface area (Å²) in [6.45, 7) is 0.0758. The molecular weight excluding hydrogens is 272 g/mol. The Balaban J connectivity index is 1.92. The maximum absolute atomic E-state index is 11.8. The summed E-state index contributed by atoms with van der Waals surface area (Å²) in [5.74, 6) is -0.175. The van der Waals surface area contributed by atoms with Gasteiger partial charge in [-0.2, -0.15) is 0 Å². The van der Waals surface area contributed by atoms with Crippen LogP contribution in [0.15, 0.2) is 42.5 Å². The number of aliphatic hydroxyl groups is 1. The van der Waals surface area contributed by atoms with Crippen molar-refractivity contribution in [2.24, 2.45) is 5.92 Å². The molecule has 1 amide bonds. The number of nitro groups is 1. The van der Waals surface area contributed by atoms with E-state index in [1.165, 1.54) is 24.3 Å². The fourth-order valence-corrected chi connectivity index (χ4v) is 2.16. The molecule has 21 heavy (non-hydrogen) atoms. The van der Waals surface area contributed by atoms with E-state index in [9.17, 15) is 14.9 Å². The summed E-state index contributed by atoms with van der Waals surface area (Å²) in [6, 6.07) is 5.98. The van der Waals surface area contributed by atoms with E-state index in [1.54, 1.807) is 12.1 Å². The molecule has 1 aliphatic carbocycles. The lowest BCUT2D eigenvalue weighted by molar-refractivity contribution is -0.384. The fourth-order valence-electron chi connectivity index (χ4n) is 2.16. The Labute approximate surface area is 121 Å². The third-order valence-electron chi connectivity index (χ3n) is 3.24. The first-order valence-corrected chi connectivity index (χ1v) is 6.60. The molecule has 6 heteroatoms. The average Bonchev–Trinajstić information content (AvgIpc) is 2.93. The van der Waals surface area contributed by atoms with Crippen molar-refractivity contribution in [3.63, 3.8) is 0 Å². The van der Waals surface area contributed by atoms with Crippen molar-refractivity contribution in [1.82, 2.24) is 5.32 Å². The molecule has 6 nitrogen and oxygen atoms in total. The van der Waals surface area contributed by atoms with Gasteiger partial charge in [0.15, 0.2) is 0 Å². The molecule has 0 fully saturated rings. The molecule has 0 aromatic heterocycles. The highest BCUT2D eigenvalue weighted by molar-refractivity contribution is 5.92. The number of rotatable bonds is 5. The quantitative estimate of drug-likeness (QED) is 0.373. The second kappa shape index (κ2) is 6.81. The summed E-state index contributed by atoms with van der Waals surface area (Å²) < 4.78 is 0. The minimum Gasteiger partial charge on any atom is -0.396 e. The van der Waals surface area contributed by atoms with Gasteiger partial charge in [-0.05, 0) is 18.1 Å². The van der Waals surface area contributed by atoms with Crippen molar-refractivity contribution >= 4 is 17.7 Å². The van der Waals surface area contributed by atoms with Gasteiger partial charge in [-0.1, -0.05) is 24.3 Å². The van der Waals surface area contributed by atoms with Gasteiger partial charge >= 0.3 is 0 Å². The standard InChI is InChI=1S/C15H16N2O4/c18-10-12-4-6-13(8-12)16-15(19)7-5-11-2-1-3-14(9-11)17(20)21/h1-7,9,12-13,18H,8,10H2,(H,16,19)/b7-5+/t12-,13+/m0/s1. The first kappa shape index (κ1) is 14.9. The molecule has 2 N–H and O–H groups in total. The number of nitrogens with zero attached hydrogens (tertiary/aromatic N) is 1. The molecule has 0 saturated carbocycles. The Morgan fingerprint density at radius 3 is 2.95 bits per heavy atom. The maximum atomic E-state index is 11.8. The van der Waals surface area contributed by atoms with E-state index in [1.807, 2.05) is 12.2 Å². The third kappa shape index (κ3) is 4.25. The van der Waals surface area contributed by atoms with Crippen LogP contribution < -0.4 is 5.32 Å². The molecule has 0 saturated heterocycles. The molecule has 0 radical (unpaired) electrons. The Morgan fingerprint density at radius 1 is 1.48 bits per heavy atom. The molecule has 0 unspecified atom stereocenters. The van der Waals surface area contributed by atoms with E-state index in [4.69, 9.17) is 5.11 Å². The van der Waals surface area contributed by atoms with Crippen LogP contribution in [0.25, 0.3) is 6.08 Å². The molecule has 2 rings (SSSR count). The van der Waals surface area contributed by atoms with E-state index in [-0.39, 0.29) is 30.2 Å². The number of nitro benzene ring substituents is 1. The van der Waals surface area contributed by atoms with E-state index in [0.717, 1.165) is 0 Å². The number of carbonyl (C=O) groups excluding carboxylic acids is 1. The topological polar surface area (TPSA) is 92.5 Å². The zero-order valence-electron chi connectivity index (χ0n) is 11.3. The number of non-ortho nitro benzene ring substituents is 1. The first-order chi connectivity index (χ1) is 10.1. The summed E-state index contributed by atoms with van der Waals surface area (Å²) in [5, 5.41) is 22.5. The van der Waals surface area contributed by atoms with Gasteiger partial charge in [0.05, 0.1) is 4.92 Å². The van der Waals surface area contributed by atoms with Crippen molar-refractivity contribution in [3.8, 4) is 0 Å². The molecule has 2 atom stereocenters. The van der Waals surface area contributed by atoms with E-state index < -0.39 is 4.92 Å². The van der Waals surface area contributed by atoms with Crippen LogP contribution in [0, 0.1) is 16.0 Å². The minimum atomic E-state index is -0.476. The summed E-state index contributed by atoms with van der Waals surface area (Å²) >= 11 is 0. The van der Waals surface area contributed by atoms with Crippen LogP contribution in [0.1, 0.15) is 12.0 Å². The largest absolute Gasteiger partial charge is 0.396 e. The second-order valence-electron chi connectivity index (χ2n) is 4.86. The Morgan fingerprint density at radius 2 is 2.29 bits per heavy atom. The summed E-state index contributed by atoms with van der Waals surface area (Å²) in [5.41, 5.74) is 0.580. The van der Waals surface area contributed by atoms with Gasteiger partial charge in [-0.25, -0.2) is 0 Å². The molecule has 1 aliphatic rings. The summed E-state index contributed by atoms with van der Waals surface area (Å²) in [7, 11) is 0. The van der Waals surface area contributed by atoms with Gasteiger partial charge < -0.3 is 10.4 Å². The number of nitrogens with one attached hydrogen (secondary N) is 1. The highest BCUT2D eigenvalue weighted by Crippen LogP contribution is 2.17. The smallest absolute Gasteiger partial charge is 0.270 e. The lowest BCUT2D eigenvalue weighted by atomic mass is 10.1. The molecule has 110 valence electrons. The Hall–Kier alpha value is -2.47. The first-order valence-electron chi connectivity index (χ1n) is 6.60. The zero-order chi connectivity index (χ0) is 15.2.